The third kappa shape index (κ3) is 4.65. The van der Waals surface area contributed by atoms with Crippen molar-refractivity contribution in [1.29, 1.82) is 0 Å². The van der Waals surface area contributed by atoms with E-state index in [-0.39, 0.29) is 16.7 Å². The van der Waals surface area contributed by atoms with E-state index in [1.165, 1.54) is 12.1 Å². The van der Waals surface area contributed by atoms with Crippen molar-refractivity contribution < 1.29 is 13.2 Å². The average Bonchev–Trinajstić information content (AvgIpc) is 2.31. The SMILES string of the molecule is FC(F)(F)Sc1ccc(NC2CCSCC2)cc1. The number of hydrogen-bond acceptors (Lipinski definition) is 3. The third-order valence-electron chi connectivity index (χ3n) is 2.68. The molecule has 1 aliphatic heterocycles. The van der Waals surface area contributed by atoms with Crippen LogP contribution >= 0.6 is 23.5 Å². The van der Waals surface area contributed by atoms with Gasteiger partial charge in [0.15, 0.2) is 0 Å². The minimum absolute atomic E-state index is 0.0756. The van der Waals surface area contributed by atoms with Gasteiger partial charge < -0.3 is 5.32 Å². The zero-order chi connectivity index (χ0) is 13.0. The van der Waals surface area contributed by atoms with Crippen molar-refractivity contribution in [2.75, 3.05) is 16.8 Å². The van der Waals surface area contributed by atoms with E-state index in [4.69, 9.17) is 0 Å². The monoisotopic (exact) mass is 293 g/mol. The Morgan fingerprint density at radius 1 is 1.11 bits per heavy atom. The lowest BCUT2D eigenvalue weighted by Crippen LogP contribution is -2.24. The summed E-state index contributed by atoms with van der Waals surface area (Å²) >= 11 is 1.87. The van der Waals surface area contributed by atoms with Crippen molar-refractivity contribution >= 4 is 29.2 Å². The first kappa shape index (κ1) is 13.9. The summed E-state index contributed by atoms with van der Waals surface area (Å²) in [6.07, 6.45) is 2.23. The Balaban J connectivity index is 1.90. The van der Waals surface area contributed by atoms with Crippen LogP contribution in [-0.4, -0.2) is 23.1 Å². The lowest BCUT2D eigenvalue weighted by atomic mass is 10.1. The Morgan fingerprint density at radius 3 is 2.28 bits per heavy atom. The van der Waals surface area contributed by atoms with Crippen LogP contribution in [0.3, 0.4) is 0 Å². The fourth-order valence-electron chi connectivity index (χ4n) is 1.83. The second-order valence-electron chi connectivity index (χ2n) is 4.10. The highest BCUT2D eigenvalue weighted by molar-refractivity contribution is 8.00. The lowest BCUT2D eigenvalue weighted by Gasteiger charge is -2.23. The molecular formula is C12H14F3NS2. The van der Waals surface area contributed by atoms with Crippen LogP contribution in [0, 0.1) is 0 Å². The molecule has 1 saturated heterocycles. The van der Waals surface area contributed by atoms with E-state index in [1.54, 1.807) is 12.1 Å². The summed E-state index contributed by atoms with van der Waals surface area (Å²) in [6, 6.07) is 6.91. The van der Waals surface area contributed by atoms with Crippen LogP contribution in [0.5, 0.6) is 0 Å². The predicted octanol–water partition coefficient (Wildman–Crippen LogP) is 4.61. The van der Waals surface area contributed by atoms with Gasteiger partial charge in [0.05, 0.1) is 0 Å². The third-order valence-corrected chi connectivity index (χ3v) is 4.47. The van der Waals surface area contributed by atoms with Crippen molar-refractivity contribution in [3.05, 3.63) is 24.3 Å². The molecule has 0 unspecified atom stereocenters. The molecule has 0 bridgehead atoms. The van der Waals surface area contributed by atoms with Crippen LogP contribution in [-0.2, 0) is 0 Å². The Labute approximate surface area is 113 Å². The minimum atomic E-state index is -4.21. The van der Waals surface area contributed by atoms with Gasteiger partial charge in [-0.25, -0.2) is 0 Å². The largest absolute Gasteiger partial charge is 0.446 e. The van der Waals surface area contributed by atoms with Crippen LogP contribution in [0.25, 0.3) is 0 Å². The molecule has 2 rings (SSSR count). The highest BCUT2D eigenvalue weighted by Crippen LogP contribution is 2.37. The van der Waals surface area contributed by atoms with Crippen LogP contribution in [0.1, 0.15) is 12.8 Å². The van der Waals surface area contributed by atoms with Crippen molar-refractivity contribution in [2.45, 2.75) is 29.3 Å². The smallest absolute Gasteiger partial charge is 0.382 e. The van der Waals surface area contributed by atoms with Gasteiger partial charge in [-0.2, -0.15) is 24.9 Å². The fourth-order valence-corrected chi connectivity index (χ4v) is 3.48. The summed E-state index contributed by atoms with van der Waals surface area (Å²) < 4.78 is 36.5. The van der Waals surface area contributed by atoms with Crippen LogP contribution in [0.2, 0.25) is 0 Å². The molecule has 1 aromatic rings. The van der Waals surface area contributed by atoms with Gasteiger partial charge in [0, 0.05) is 16.6 Å². The number of hydrogen-bond donors (Lipinski definition) is 1. The summed E-state index contributed by atoms with van der Waals surface area (Å²) in [5.74, 6) is 2.30. The molecule has 0 atom stereocenters. The van der Waals surface area contributed by atoms with Gasteiger partial charge in [-0.1, -0.05) is 0 Å². The number of nitrogens with one attached hydrogen (secondary N) is 1. The molecule has 1 fully saturated rings. The topological polar surface area (TPSA) is 12.0 Å². The Bertz CT molecular complexity index is 372. The fraction of sp³-hybridized carbons (Fsp3) is 0.500. The van der Waals surface area contributed by atoms with Crippen LogP contribution in [0.4, 0.5) is 18.9 Å². The average molecular weight is 293 g/mol. The molecule has 1 aliphatic rings. The number of benzene rings is 1. The molecule has 18 heavy (non-hydrogen) atoms. The Kier molecular flexibility index (Phi) is 4.72. The summed E-state index contributed by atoms with van der Waals surface area (Å²) in [5, 5.41) is 3.37. The first-order valence-electron chi connectivity index (χ1n) is 5.73. The number of rotatable bonds is 3. The highest BCUT2D eigenvalue weighted by atomic mass is 32.2. The molecule has 0 aromatic heterocycles. The van der Waals surface area contributed by atoms with E-state index in [9.17, 15) is 13.2 Å². The van der Waals surface area contributed by atoms with Gasteiger partial charge in [-0.15, -0.1) is 0 Å². The van der Waals surface area contributed by atoms with E-state index < -0.39 is 5.51 Å². The van der Waals surface area contributed by atoms with E-state index in [0.29, 0.717) is 6.04 Å². The molecule has 0 amide bonds. The Morgan fingerprint density at radius 2 is 1.72 bits per heavy atom. The van der Waals surface area contributed by atoms with Crippen molar-refractivity contribution in [1.82, 2.24) is 0 Å². The van der Waals surface area contributed by atoms with Gasteiger partial charge in [-0.05, 0) is 60.4 Å². The molecule has 1 N–H and O–H groups in total. The van der Waals surface area contributed by atoms with Gasteiger partial charge >= 0.3 is 5.51 Å². The molecule has 6 heteroatoms. The van der Waals surface area contributed by atoms with E-state index in [1.807, 2.05) is 11.8 Å². The highest BCUT2D eigenvalue weighted by Gasteiger charge is 2.29. The van der Waals surface area contributed by atoms with E-state index in [2.05, 4.69) is 5.32 Å². The second kappa shape index (κ2) is 6.10. The predicted molar refractivity (Wildman–Crippen MR) is 72.3 cm³/mol. The number of alkyl halides is 3. The molecule has 100 valence electrons. The van der Waals surface area contributed by atoms with Gasteiger partial charge in [0.2, 0.25) is 0 Å². The standard InChI is InChI=1S/C12H14F3NS2/c13-12(14,15)18-11-3-1-9(2-4-11)16-10-5-7-17-8-6-10/h1-4,10,16H,5-8H2. The summed E-state index contributed by atoms with van der Waals surface area (Å²) in [4.78, 5) is 0.229. The van der Waals surface area contributed by atoms with Gasteiger partial charge in [0.25, 0.3) is 0 Å². The van der Waals surface area contributed by atoms with Crippen molar-refractivity contribution in [3.63, 3.8) is 0 Å². The number of thioether (sulfide) groups is 2. The zero-order valence-corrected chi connectivity index (χ0v) is 11.3. The maximum Gasteiger partial charge on any atom is 0.446 e. The van der Waals surface area contributed by atoms with Crippen molar-refractivity contribution in [3.8, 4) is 0 Å². The molecule has 0 aliphatic carbocycles. The number of anilines is 1. The lowest BCUT2D eigenvalue weighted by molar-refractivity contribution is -0.0328. The zero-order valence-electron chi connectivity index (χ0n) is 9.67. The summed E-state index contributed by atoms with van der Waals surface area (Å²) in [7, 11) is 0. The molecule has 0 radical (unpaired) electrons. The van der Waals surface area contributed by atoms with Crippen molar-refractivity contribution in [2.24, 2.45) is 0 Å². The molecule has 1 heterocycles. The molecule has 0 saturated carbocycles. The molecule has 1 nitrogen and oxygen atoms in total. The van der Waals surface area contributed by atoms with E-state index >= 15 is 0 Å². The first-order valence-corrected chi connectivity index (χ1v) is 7.70. The van der Waals surface area contributed by atoms with Gasteiger partial charge in [0.1, 0.15) is 0 Å². The van der Waals surface area contributed by atoms with Crippen LogP contribution in [0.15, 0.2) is 29.2 Å². The van der Waals surface area contributed by atoms with Crippen LogP contribution < -0.4 is 5.32 Å². The summed E-state index contributed by atoms with van der Waals surface area (Å²) in [5.41, 5.74) is -3.31. The maximum atomic E-state index is 12.2. The molecule has 0 spiro atoms. The summed E-state index contributed by atoms with van der Waals surface area (Å²) in [6.45, 7) is 0. The van der Waals surface area contributed by atoms with Gasteiger partial charge in [-0.3, -0.25) is 0 Å². The van der Waals surface area contributed by atoms with E-state index in [0.717, 1.165) is 30.0 Å². The quantitative estimate of drug-likeness (QED) is 0.818. The normalized spacial score (nSPS) is 17.7. The Hall–Kier alpha value is -0.490. The first-order chi connectivity index (χ1) is 8.53. The maximum absolute atomic E-state index is 12.2. The minimum Gasteiger partial charge on any atom is -0.382 e. The molecule has 1 aromatic carbocycles. The molecular weight excluding hydrogens is 279 g/mol. The number of halogens is 3. The second-order valence-corrected chi connectivity index (χ2v) is 6.47.